The Kier molecular flexibility index (Phi) is 3.41. The summed E-state index contributed by atoms with van der Waals surface area (Å²) in [5.41, 5.74) is 4.49. The third kappa shape index (κ3) is 2.63. The molecule has 4 rings (SSSR count). The molecule has 23 heavy (non-hydrogen) atoms. The lowest BCUT2D eigenvalue weighted by atomic mass is 9.89. The maximum absolute atomic E-state index is 12.5. The number of amides is 1. The molecule has 1 atom stereocenters. The van der Waals surface area contributed by atoms with E-state index < -0.39 is 0 Å². The molecule has 0 radical (unpaired) electrons. The Balaban J connectivity index is 1.43. The average Bonchev–Trinajstić information content (AvgIpc) is 3.14. The number of hydrogen-bond donors (Lipinski definition) is 3. The number of fused-ring (bicyclic) bond motifs is 2. The molecular weight excluding hydrogens is 288 g/mol. The van der Waals surface area contributed by atoms with Gasteiger partial charge in [-0.3, -0.25) is 4.79 Å². The van der Waals surface area contributed by atoms with Crippen molar-refractivity contribution in [1.29, 1.82) is 0 Å². The first-order valence-electron chi connectivity index (χ1n) is 8.08. The number of aryl methyl sites for hydroxylation is 2. The van der Waals surface area contributed by atoms with Crippen molar-refractivity contribution in [2.24, 2.45) is 5.92 Å². The first-order valence-corrected chi connectivity index (χ1v) is 8.08. The van der Waals surface area contributed by atoms with Crippen molar-refractivity contribution in [3.05, 3.63) is 53.2 Å². The number of carbonyl (C=O) groups excluding carboxylic acids is 1. The van der Waals surface area contributed by atoms with Gasteiger partial charge in [-0.2, -0.15) is 0 Å². The van der Waals surface area contributed by atoms with Crippen LogP contribution < -0.4 is 5.32 Å². The summed E-state index contributed by atoms with van der Waals surface area (Å²) in [5, 5.41) is 4.26. The largest absolute Gasteiger partial charge is 0.361 e. The molecule has 0 saturated heterocycles. The summed E-state index contributed by atoms with van der Waals surface area (Å²) in [7, 11) is 0. The number of nitrogens with one attached hydrogen (secondary N) is 3. The number of nitrogens with zero attached hydrogens (tertiary/aromatic N) is 1. The van der Waals surface area contributed by atoms with Gasteiger partial charge in [0.1, 0.15) is 5.82 Å². The van der Waals surface area contributed by atoms with Crippen molar-refractivity contribution >= 4 is 16.8 Å². The number of carbonyl (C=O) groups is 1. The fourth-order valence-electron chi connectivity index (χ4n) is 3.45. The van der Waals surface area contributed by atoms with E-state index in [0.29, 0.717) is 6.54 Å². The Bertz CT molecular complexity index is 861. The minimum absolute atomic E-state index is 0.0348. The van der Waals surface area contributed by atoms with Crippen LogP contribution in [0.3, 0.4) is 0 Å². The van der Waals surface area contributed by atoms with Crippen LogP contribution in [-0.2, 0) is 24.2 Å². The van der Waals surface area contributed by atoms with Gasteiger partial charge in [0.25, 0.3) is 0 Å². The number of H-pyrrole nitrogens is 2. The van der Waals surface area contributed by atoms with Crippen molar-refractivity contribution in [2.75, 3.05) is 0 Å². The lowest BCUT2D eigenvalue weighted by molar-refractivity contribution is -0.125. The Hall–Kier alpha value is -2.56. The number of aromatic amines is 2. The molecule has 5 nitrogen and oxygen atoms in total. The van der Waals surface area contributed by atoms with Crippen LogP contribution in [0.1, 0.15) is 29.2 Å². The fraction of sp³-hybridized carbons (Fsp3) is 0.333. The topological polar surface area (TPSA) is 73.6 Å². The number of hydrogen-bond acceptors (Lipinski definition) is 2. The van der Waals surface area contributed by atoms with Gasteiger partial charge in [-0.1, -0.05) is 18.2 Å². The van der Waals surface area contributed by atoms with E-state index in [1.807, 2.05) is 31.3 Å². The van der Waals surface area contributed by atoms with E-state index in [1.54, 1.807) is 0 Å². The molecule has 2 aromatic heterocycles. The second kappa shape index (κ2) is 5.57. The monoisotopic (exact) mass is 308 g/mol. The van der Waals surface area contributed by atoms with Crippen LogP contribution in [0.4, 0.5) is 0 Å². The zero-order valence-electron chi connectivity index (χ0n) is 13.1. The molecule has 1 aliphatic carbocycles. The zero-order valence-corrected chi connectivity index (χ0v) is 13.1. The summed E-state index contributed by atoms with van der Waals surface area (Å²) in [6.45, 7) is 2.53. The van der Waals surface area contributed by atoms with E-state index >= 15 is 0 Å². The van der Waals surface area contributed by atoms with Gasteiger partial charge in [-0.05, 0) is 31.4 Å². The second-order valence-electron chi connectivity index (χ2n) is 6.26. The van der Waals surface area contributed by atoms with Crippen LogP contribution in [0, 0.1) is 12.8 Å². The Morgan fingerprint density at radius 3 is 3.17 bits per heavy atom. The van der Waals surface area contributed by atoms with Crippen LogP contribution in [0.2, 0.25) is 0 Å². The molecule has 1 amide bonds. The van der Waals surface area contributed by atoms with Gasteiger partial charge in [-0.25, -0.2) is 4.98 Å². The molecule has 1 aliphatic rings. The van der Waals surface area contributed by atoms with E-state index in [2.05, 4.69) is 26.3 Å². The summed E-state index contributed by atoms with van der Waals surface area (Å²) >= 11 is 0. The summed E-state index contributed by atoms with van der Waals surface area (Å²) < 4.78 is 0. The van der Waals surface area contributed by atoms with Crippen molar-refractivity contribution in [3.63, 3.8) is 0 Å². The predicted octanol–water partition coefficient (Wildman–Crippen LogP) is 2.62. The van der Waals surface area contributed by atoms with Crippen molar-refractivity contribution in [3.8, 4) is 0 Å². The molecule has 1 aromatic carbocycles. The maximum Gasteiger partial charge on any atom is 0.223 e. The summed E-state index contributed by atoms with van der Waals surface area (Å²) in [6, 6.07) is 8.15. The van der Waals surface area contributed by atoms with Gasteiger partial charge in [-0.15, -0.1) is 0 Å². The van der Waals surface area contributed by atoms with Gasteiger partial charge in [0.2, 0.25) is 5.91 Å². The minimum atomic E-state index is 0.0348. The summed E-state index contributed by atoms with van der Waals surface area (Å²) in [6.07, 6.45) is 4.49. The zero-order chi connectivity index (χ0) is 15.8. The Labute approximate surface area is 134 Å². The molecule has 3 N–H and O–H groups in total. The maximum atomic E-state index is 12.5. The number of imidazole rings is 1. The van der Waals surface area contributed by atoms with Crippen LogP contribution in [0.15, 0.2) is 30.5 Å². The molecule has 0 bridgehead atoms. The molecule has 1 unspecified atom stereocenters. The SMILES string of the molecule is Cc1nc2c([nH]1)CC(C(=O)NCc1c[nH]c3ccccc13)CC2. The standard InChI is InChI=1S/C18H20N4O/c1-11-21-16-7-6-12(8-17(16)22-11)18(23)20-10-13-9-19-15-5-3-2-4-14(13)15/h2-5,9,12,19H,6-8,10H2,1H3,(H,20,23)(H,21,22). The molecule has 3 aromatic rings. The number of benzene rings is 1. The molecule has 0 aliphatic heterocycles. The van der Waals surface area contributed by atoms with Gasteiger partial charge in [0, 0.05) is 41.7 Å². The van der Waals surface area contributed by atoms with E-state index in [4.69, 9.17) is 0 Å². The molecule has 0 saturated carbocycles. The average molecular weight is 308 g/mol. The van der Waals surface area contributed by atoms with Crippen LogP contribution >= 0.6 is 0 Å². The minimum Gasteiger partial charge on any atom is -0.361 e. The quantitative estimate of drug-likeness (QED) is 0.696. The lowest BCUT2D eigenvalue weighted by Crippen LogP contribution is -2.33. The van der Waals surface area contributed by atoms with Crippen molar-refractivity contribution in [1.82, 2.24) is 20.3 Å². The molecule has 118 valence electrons. The third-order valence-electron chi connectivity index (χ3n) is 4.66. The van der Waals surface area contributed by atoms with Crippen molar-refractivity contribution in [2.45, 2.75) is 32.7 Å². The first kappa shape index (κ1) is 14.1. The highest BCUT2D eigenvalue weighted by atomic mass is 16.1. The first-order chi connectivity index (χ1) is 11.2. The van der Waals surface area contributed by atoms with Crippen LogP contribution in [0.5, 0.6) is 0 Å². The molecule has 0 fully saturated rings. The number of rotatable bonds is 3. The van der Waals surface area contributed by atoms with E-state index in [-0.39, 0.29) is 11.8 Å². The van der Waals surface area contributed by atoms with Gasteiger partial charge in [0.05, 0.1) is 5.69 Å². The molecule has 2 heterocycles. The number of para-hydroxylation sites is 1. The van der Waals surface area contributed by atoms with Crippen molar-refractivity contribution < 1.29 is 4.79 Å². The van der Waals surface area contributed by atoms with E-state index in [0.717, 1.165) is 47.6 Å². The number of aromatic nitrogens is 3. The lowest BCUT2D eigenvalue weighted by Gasteiger charge is -2.20. The highest BCUT2D eigenvalue weighted by Gasteiger charge is 2.26. The highest BCUT2D eigenvalue weighted by molar-refractivity contribution is 5.84. The second-order valence-corrected chi connectivity index (χ2v) is 6.26. The molecule has 0 spiro atoms. The predicted molar refractivity (Wildman–Crippen MR) is 89.0 cm³/mol. The molecule has 5 heteroatoms. The normalized spacial score (nSPS) is 17.2. The Morgan fingerprint density at radius 2 is 2.26 bits per heavy atom. The summed E-state index contributed by atoms with van der Waals surface area (Å²) in [5.74, 6) is 1.11. The van der Waals surface area contributed by atoms with Gasteiger partial charge < -0.3 is 15.3 Å². The Morgan fingerprint density at radius 1 is 1.39 bits per heavy atom. The van der Waals surface area contributed by atoms with E-state index in [1.165, 1.54) is 5.39 Å². The van der Waals surface area contributed by atoms with Gasteiger partial charge >= 0.3 is 0 Å². The fourth-order valence-corrected chi connectivity index (χ4v) is 3.45. The van der Waals surface area contributed by atoms with Crippen LogP contribution in [-0.4, -0.2) is 20.9 Å². The van der Waals surface area contributed by atoms with Gasteiger partial charge in [0.15, 0.2) is 0 Å². The third-order valence-corrected chi connectivity index (χ3v) is 4.66. The highest BCUT2D eigenvalue weighted by Crippen LogP contribution is 2.24. The van der Waals surface area contributed by atoms with E-state index in [9.17, 15) is 4.79 Å². The molecular formula is C18H20N4O. The smallest absolute Gasteiger partial charge is 0.223 e. The van der Waals surface area contributed by atoms with Crippen LogP contribution in [0.25, 0.3) is 10.9 Å². The summed E-state index contributed by atoms with van der Waals surface area (Å²) in [4.78, 5) is 23.5.